The molecule has 0 aromatic heterocycles. The van der Waals surface area contributed by atoms with Gasteiger partial charge in [0.1, 0.15) is 11.6 Å². The third-order valence-corrected chi connectivity index (χ3v) is 3.27. The smallest absolute Gasteiger partial charge is 0.127 e. The molecular weight excluding hydrogens is 217 g/mol. The van der Waals surface area contributed by atoms with Crippen LogP contribution in [0.15, 0.2) is 18.2 Å². The highest BCUT2D eigenvalue weighted by Gasteiger charge is 2.15. The van der Waals surface area contributed by atoms with Crippen LogP contribution in [0.4, 0.5) is 4.39 Å². The van der Waals surface area contributed by atoms with Gasteiger partial charge in [-0.3, -0.25) is 0 Å². The molecule has 3 heteroatoms. The number of hydrogen-bond donors (Lipinski definition) is 1. The van der Waals surface area contributed by atoms with Gasteiger partial charge < -0.3 is 10.1 Å². The summed E-state index contributed by atoms with van der Waals surface area (Å²) < 4.78 is 19.0. The lowest BCUT2D eigenvalue weighted by atomic mass is 10.1. The second-order valence-corrected chi connectivity index (χ2v) is 4.79. The second-order valence-electron chi connectivity index (χ2n) is 4.79. The minimum Gasteiger partial charge on any atom is -0.493 e. The van der Waals surface area contributed by atoms with Gasteiger partial charge in [-0.15, -0.1) is 0 Å². The van der Waals surface area contributed by atoms with Crippen LogP contribution >= 0.6 is 0 Å². The lowest BCUT2D eigenvalue weighted by molar-refractivity contribution is 0.251. The molecule has 0 radical (unpaired) electrons. The molecule has 0 amide bonds. The van der Waals surface area contributed by atoms with Crippen LogP contribution in [0.25, 0.3) is 0 Å². The van der Waals surface area contributed by atoms with Crippen molar-refractivity contribution in [3.63, 3.8) is 0 Å². The fraction of sp³-hybridized carbons (Fsp3) is 0.571. The highest BCUT2D eigenvalue weighted by Crippen LogP contribution is 2.26. The van der Waals surface area contributed by atoms with E-state index in [-0.39, 0.29) is 5.82 Å². The van der Waals surface area contributed by atoms with Crippen molar-refractivity contribution in [1.82, 2.24) is 5.32 Å². The Bertz CT molecular complexity index is 361. The predicted octanol–water partition coefficient (Wildman–Crippen LogP) is 3.11. The van der Waals surface area contributed by atoms with Crippen LogP contribution in [-0.4, -0.2) is 13.7 Å². The predicted molar refractivity (Wildman–Crippen MR) is 66.6 cm³/mol. The Morgan fingerprint density at radius 3 is 2.76 bits per heavy atom. The molecule has 17 heavy (non-hydrogen) atoms. The van der Waals surface area contributed by atoms with E-state index in [1.165, 1.54) is 31.7 Å². The first-order valence-corrected chi connectivity index (χ1v) is 6.35. The maximum Gasteiger partial charge on any atom is 0.127 e. The lowest BCUT2D eigenvalue weighted by Crippen LogP contribution is -2.09. The highest BCUT2D eigenvalue weighted by atomic mass is 19.1. The zero-order chi connectivity index (χ0) is 12.1. The molecule has 1 aromatic carbocycles. The van der Waals surface area contributed by atoms with Crippen molar-refractivity contribution in [2.75, 3.05) is 13.7 Å². The van der Waals surface area contributed by atoms with Crippen LogP contribution in [-0.2, 0) is 6.54 Å². The number of nitrogens with one attached hydrogen (secondary N) is 1. The molecule has 1 N–H and O–H groups in total. The van der Waals surface area contributed by atoms with E-state index in [1.807, 2.05) is 13.1 Å². The molecule has 0 bridgehead atoms. The van der Waals surface area contributed by atoms with Gasteiger partial charge in [0.2, 0.25) is 0 Å². The summed E-state index contributed by atoms with van der Waals surface area (Å²) in [5, 5.41) is 3.01. The molecule has 94 valence electrons. The van der Waals surface area contributed by atoms with Gasteiger partial charge in [-0.05, 0) is 43.5 Å². The van der Waals surface area contributed by atoms with Crippen molar-refractivity contribution in [1.29, 1.82) is 0 Å². The van der Waals surface area contributed by atoms with Gasteiger partial charge in [-0.1, -0.05) is 12.8 Å². The standard InChI is InChI=1S/C14H20FNO/c1-16-9-12-6-13(15)8-14(7-12)17-10-11-4-2-3-5-11/h6-8,11,16H,2-5,9-10H2,1H3. The Hall–Kier alpha value is -1.09. The summed E-state index contributed by atoms with van der Waals surface area (Å²) in [6.45, 7) is 1.39. The molecule has 2 nitrogen and oxygen atoms in total. The maximum atomic E-state index is 13.3. The van der Waals surface area contributed by atoms with Gasteiger partial charge >= 0.3 is 0 Å². The Balaban J connectivity index is 1.94. The molecule has 0 aliphatic heterocycles. The van der Waals surface area contributed by atoms with Crippen molar-refractivity contribution in [3.8, 4) is 5.75 Å². The van der Waals surface area contributed by atoms with Crippen LogP contribution in [0, 0.1) is 11.7 Å². The van der Waals surface area contributed by atoms with E-state index >= 15 is 0 Å². The van der Waals surface area contributed by atoms with Crippen LogP contribution in [0.5, 0.6) is 5.75 Å². The maximum absolute atomic E-state index is 13.3. The van der Waals surface area contributed by atoms with Gasteiger partial charge in [0.25, 0.3) is 0 Å². The molecule has 1 aliphatic carbocycles. The average molecular weight is 237 g/mol. The number of benzene rings is 1. The molecule has 0 spiro atoms. The summed E-state index contributed by atoms with van der Waals surface area (Å²) in [6.07, 6.45) is 5.11. The van der Waals surface area contributed by atoms with Crippen LogP contribution < -0.4 is 10.1 Å². The van der Waals surface area contributed by atoms with Crippen molar-refractivity contribution < 1.29 is 9.13 Å². The van der Waals surface area contributed by atoms with Crippen molar-refractivity contribution >= 4 is 0 Å². The van der Waals surface area contributed by atoms with E-state index in [9.17, 15) is 4.39 Å². The lowest BCUT2D eigenvalue weighted by Gasteiger charge is -2.12. The molecule has 0 heterocycles. The van der Waals surface area contributed by atoms with E-state index < -0.39 is 0 Å². The number of halogens is 1. The molecule has 2 rings (SSSR count). The summed E-state index contributed by atoms with van der Waals surface area (Å²) in [5.74, 6) is 1.09. The molecule has 0 unspecified atom stereocenters. The summed E-state index contributed by atoms with van der Waals surface area (Å²) >= 11 is 0. The first kappa shape index (κ1) is 12.4. The number of hydrogen-bond acceptors (Lipinski definition) is 2. The normalized spacial score (nSPS) is 16.4. The summed E-state index contributed by atoms with van der Waals surface area (Å²) in [6, 6.07) is 4.92. The average Bonchev–Trinajstić information content (AvgIpc) is 2.79. The highest BCUT2D eigenvalue weighted by molar-refractivity contribution is 5.29. The molecule has 1 aliphatic rings. The summed E-state index contributed by atoms with van der Waals surface area (Å²) in [7, 11) is 1.85. The van der Waals surface area contributed by atoms with Gasteiger partial charge in [-0.25, -0.2) is 4.39 Å². The van der Waals surface area contributed by atoms with Crippen LogP contribution in [0.3, 0.4) is 0 Å². The van der Waals surface area contributed by atoms with Crippen molar-refractivity contribution in [3.05, 3.63) is 29.6 Å². The first-order valence-electron chi connectivity index (χ1n) is 6.35. The molecule has 0 saturated heterocycles. The van der Waals surface area contributed by atoms with E-state index in [2.05, 4.69) is 5.32 Å². The Morgan fingerprint density at radius 1 is 1.29 bits per heavy atom. The molecule has 1 aromatic rings. The minimum absolute atomic E-state index is 0.223. The minimum atomic E-state index is -0.223. The summed E-state index contributed by atoms with van der Waals surface area (Å²) in [5.41, 5.74) is 0.925. The Labute approximate surface area is 102 Å². The number of rotatable bonds is 5. The monoisotopic (exact) mass is 237 g/mol. The molecule has 1 saturated carbocycles. The fourth-order valence-corrected chi connectivity index (χ4v) is 2.40. The topological polar surface area (TPSA) is 21.3 Å². The van der Waals surface area contributed by atoms with E-state index in [0.29, 0.717) is 18.2 Å². The van der Waals surface area contributed by atoms with Crippen LogP contribution in [0.1, 0.15) is 31.2 Å². The fourth-order valence-electron chi connectivity index (χ4n) is 2.40. The van der Waals surface area contributed by atoms with E-state index in [1.54, 1.807) is 6.07 Å². The molecular formula is C14H20FNO. The SMILES string of the molecule is CNCc1cc(F)cc(OCC2CCCC2)c1. The van der Waals surface area contributed by atoms with E-state index in [0.717, 1.165) is 12.2 Å². The Kier molecular flexibility index (Phi) is 4.37. The quantitative estimate of drug-likeness (QED) is 0.849. The summed E-state index contributed by atoms with van der Waals surface area (Å²) in [4.78, 5) is 0. The molecule has 0 atom stereocenters. The van der Waals surface area contributed by atoms with Crippen LogP contribution in [0.2, 0.25) is 0 Å². The van der Waals surface area contributed by atoms with Gasteiger partial charge in [0.05, 0.1) is 6.61 Å². The molecule has 1 fully saturated rings. The number of ether oxygens (including phenoxy) is 1. The third-order valence-electron chi connectivity index (χ3n) is 3.27. The first-order chi connectivity index (χ1) is 8.28. The zero-order valence-electron chi connectivity index (χ0n) is 10.3. The largest absolute Gasteiger partial charge is 0.493 e. The zero-order valence-corrected chi connectivity index (χ0v) is 10.3. The van der Waals surface area contributed by atoms with E-state index in [4.69, 9.17) is 4.74 Å². The van der Waals surface area contributed by atoms with Crippen molar-refractivity contribution in [2.24, 2.45) is 5.92 Å². The van der Waals surface area contributed by atoms with Gasteiger partial charge in [0.15, 0.2) is 0 Å². The third kappa shape index (κ3) is 3.70. The van der Waals surface area contributed by atoms with Gasteiger partial charge in [0, 0.05) is 12.6 Å². The van der Waals surface area contributed by atoms with Gasteiger partial charge in [-0.2, -0.15) is 0 Å². The Morgan fingerprint density at radius 2 is 2.06 bits per heavy atom. The van der Waals surface area contributed by atoms with Crippen molar-refractivity contribution in [2.45, 2.75) is 32.2 Å². The second kappa shape index (κ2) is 6.01.